The fraction of sp³-hybridized carbons (Fsp3) is 0.414. The number of methoxy groups -OCH3 is 1. The fourth-order valence-electron chi connectivity index (χ4n) is 6.17. The van der Waals surface area contributed by atoms with Gasteiger partial charge in [0.25, 0.3) is 6.43 Å². The van der Waals surface area contributed by atoms with Crippen LogP contribution in [0.5, 0.6) is 11.8 Å². The zero-order valence-corrected chi connectivity index (χ0v) is 24.9. The lowest BCUT2D eigenvalue weighted by molar-refractivity contribution is 0.153. The van der Waals surface area contributed by atoms with Gasteiger partial charge in [-0.3, -0.25) is 4.90 Å². The Morgan fingerprint density at radius 1 is 1.25 bits per heavy atom. The van der Waals surface area contributed by atoms with Gasteiger partial charge in [0, 0.05) is 23.5 Å². The maximum absolute atomic E-state index is 16.2. The van der Waals surface area contributed by atoms with Crippen LogP contribution < -0.4 is 20.1 Å². The van der Waals surface area contributed by atoms with Crippen LogP contribution in [0.4, 0.5) is 32.8 Å². The molecule has 0 amide bonds. The third-order valence-electron chi connectivity index (χ3n) is 8.05. The molecule has 0 bridgehead atoms. The second-order valence-electron chi connectivity index (χ2n) is 10.7. The average molecular weight is 653 g/mol. The maximum atomic E-state index is 16.2. The highest BCUT2D eigenvalue weighted by molar-refractivity contribution is 7.23. The number of thiophene rings is 1. The number of anilines is 2. The molecule has 2 aromatic carbocycles. The van der Waals surface area contributed by atoms with Gasteiger partial charge in [0.15, 0.2) is 11.6 Å². The van der Waals surface area contributed by atoms with E-state index >= 15 is 4.39 Å². The van der Waals surface area contributed by atoms with Crippen LogP contribution in [0.1, 0.15) is 24.8 Å². The molecule has 15 heteroatoms. The van der Waals surface area contributed by atoms with E-state index in [-0.39, 0.29) is 78.4 Å². The molecule has 2 unspecified atom stereocenters. The minimum atomic E-state index is -2.70. The van der Waals surface area contributed by atoms with Gasteiger partial charge >= 0.3 is 6.01 Å². The Hall–Kier alpha value is -3.67. The summed E-state index contributed by atoms with van der Waals surface area (Å²) in [4.78, 5) is 11.8. The Morgan fingerprint density at radius 2 is 2.05 bits per heavy atom. The quantitative estimate of drug-likeness (QED) is 0.248. The number of hydrogen-bond acceptors (Lipinski definition) is 9. The van der Waals surface area contributed by atoms with Crippen LogP contribution in [0.3, 0.4) is 0 Å². The Balaban J connectivity index is 0.000000323. The zero-order valence-electron chi connectivity index (χ0n) is 23.3. The summed E-state index contributed by atoms with van der Waals surface area (Å²) in [6, 6.07) is 4.69. The summed E-state index contributed by atoms with van der Waals surface area (Å²) in [5.41, 5.74) is 5.50. The van der Waals surface area contributed by atoms with Crippen molar-refractivity contribution in [2.24, 2.45) is 0 Å². The highest BCUT2D eigenvalue weighted by Crippen LogP contribution is 2.50. The van der Waals surface area contributed by atoms with Crippen LogP contribution in [-0.4, -0.2) is 73.4 Å². The van der Waals surface area contributed by atoms with Crippen molar-refractivity contribution in [1.82, 2.24) is 14.9 Å². The molecule has 0 saturated carbocycles. The molecule has 2 saturated heterocycles. The first-order chi connectivity index (χ1) is 21.1. The molecule has 3 aliphatic rings. The third kappa shape index (κ3) is 5.20. The number of nitrogens with two attached hydrogens (primary N) is 1. The Morgan fingerprint density at radius 3 is 2.75 bits per heavy atom. The first-order valence-electron chi connectivity index (χ1n) is 13.8. The van der Waals surface area contributed by atoms with Crippen molar-refractivity contribution in [3.05, 3.63) is 34.4 Å². The lowest BCUT2D eigenvalue weighted by Crippen LogP contribution is -2.32. The highest BCUT2D eigenvalue weighted by atomic mass is 35.5. The van der Waals surface area contributed by atoms with Crippen molar-refractivity contribution in [2.75, 3.05) is 50.5 Å². The lowest BCUT2D eigenvalue weighted by Gasteiger charge is -2.22. The molecule has 7 rings (SSSR count). The first kappa shape index (κ1) is 30.4. The standard InChI is InChI=1S/C22H14ClF4N5O2S.C7H12FN/c1-33-22-30-17-14-18(34-5-4-32(7-11(25)26)21(14)31-22)15(23)13(16(17)27)8-2-3-10(24)19-12(8)9(6-28)20(29)35-19;8-6-4-7-2-1-3-9(7)5-6/h2-3,11H,4-5,7,29H2,1H3;6-7H,1-5H2. The average Bonchev–Trinajstić information content (AvgIpc) is 3.64. The van der Waals surface area contributed by atoms with E-state index in [1.807, 2.05) is 6.07 Å². The van der Waals surface area contributed by atoms with Gasteiger partial charge < -0.3 is 20.1 Å². The summed E-state index contributed by atoms with van der Waals surface area (Å²) in [5, 5.41) is 9.58. The Bertz CT molecular complexity index is 1790. The molecule has 3 aliphatic heterocycles. The number of rotatable bonds is 4. The van der Waals surface area contributed by atoms with Crippen LogP contribution in [0, 0.1) is 23.0 Å². The van der Waals surface area contributed by atoms with Crippen LogP contribution in [-0.2, 0) is 0 Å². The molecule has 0 radical (unpaired) electrons. The number of fused-ring (bicyclic) bond motifs is 2. The third-order valence-corrected chi connectivity index (χ3v) is 9.44. The summed E-state index contributed by atoms with van der Waals surface area (Å²) in [6.45, 7) is 1.13. The number of nitrogens with zero attached hydrogens (tertiary/aromatic N) is 5. The minimum Gasteiger partial charge on any atom is -0.489 e. The second-order valence-corrected chi connectivity index (χ2v) is 12.1. The molecule has 4 aromatic rings. The molecule has 8 nitrogen and oxygen atoms in total. The van der Waals surface area contributed by atoms with Crippen LogP contribution in [0.25, 0.3) is 32.1 Å². The molecule has 2 N–H and O–H groups in total. The smallest absolute Gasteiger partial charge is 0.318 e. The topological polar surface area (TPSA) is 101 Å². The van der Waals surface area contributed by atoms with Crippen LogP contribution in [0.2, 0.25) is 5.02 Å². The molecule has 2 aromatic heterocycles. The van der Waals surface area contributed by atoms with Gasteiger partial charge in [-0.05, 0) is 37.4 Å². The first-order valence-corrected chi connectivity index (χ1v) is 15.0. The van der Waals surface area contributed by atoms with Gasteiger partial charge in [-0.15, -0.1) is 11.3 Å². The molecule has 0 spiro atoms. The Kier molecular flexibility index (Phi) is 8.29. The number of alkyl halides is 3. The van der Waals surface area contributed by atoms with E-state index in [2.05, 4.69) is 14.9 Å². The van der Waals surface area contributed by atoms with E-state index < -0.39 is 30.8 Å². The normalized spacial score (nSPS) is 19.5. The number of nitriles is 1. The summed E-state index contributed by atoms with van der Waals surface area (Å²) >= 11 is 7.51. The summed E-state index contributed by atoms with van der Waals surface area (Å²) in [6.07, 6.45) is 0.112. The van der Waals surface area contributed by atoms with Crippen molar-refractivity contribution < 1.29 is 31.4 Å². The van der Waals surface area contributed by atoms with Crippen molar-refractivity contribution in [3.63, 3.8) is 0 Å². The summed E-state index contributed by atoms with van der Waals surface area (Å²) in [7, 11) is 1.25. The molecular weight excluding hydrogens is 627 g/mol. The van der Waals surface area contributed by atoms with E-state index in [0.29, 0.717) is 12.6 Å². The number of nitrogen functional groups attached to an aromatic ring is 1. The monoisotopic (exact) mass is 652 g/mol. The molecule has 2 fully saturated rings. The largest absolute Gasteiger partial charge is 0.489 e. The maximum Gasteiger partial charge on any atom is 0.318 e. The van der Waals surface area contributed by atoms with Gasteiger partial charge in [-0.25, -0.2) is 22.0 Å². The number of halogens is 6. The van der Waals surface area contributed by atoms with Crippen molar-refractivity contribution in [3.8, 4) is 29.0 Å². The van der Waals surface area contributed by atoms with E-state index in [9.17, 15) is 22.8 Å². The van der Waals surface area contributed by atoms with E-state index in [4.69, 9.17) is 26.8 Å². The van der Waals surface area contributed by atoms with E-state index in [0.717, 1.165) is 30.4 Å². The van der Waals surface area contributed by atoms with Crippen LogP contribution in [0.15, 0.2) is 12.1 Å². The lowest BCUT2D eigenvalue weighted by atomic mass is 9.96. The number of hydrogen-bond donors (Lipinski definition) is 1. The fourth-order valence-corrected chi connectivity index (χ4v) is 7.45. The van der Waals surface area contributed by atoms with Gasteiger partial charge in [0.1, 0.15) is 41.0 Å². The van der Waals surface area contributed by atoms with Crippen LogP contribution >= 0.6 is 22.9 Å². The van der Waals surface area contributed by atoms with Crippen molar-refractivity contribution >= 4 is 54.7 Å². The number of benzene rings is 2. The molecule has 232 valence electrons. The molecule has 5 heterocycles. The molecule has 2 atom stereocenters. The Labute approximate surface area is 257 Å². The molecule has 44 heavy (non-hydrogen) atoms. The number of aromatic nitrogens is 2. The van der Waals surface area contributed by atoms with E-state index in [1.54, 1.807) is 0 Å². The van der Waals surface area contributed by atoms with Crippen molar-refractivity contribution in [2.45, 2.75) is 37.9 Å². The highest BCUT2D eigenvalue weighted by Gasteiger charge is 2.35. The van der Waals surface area contributed by atoms with Gasteiger partial charge in [0.2, 0.25) is 0 Å². The SMILES string of the molecule is COc1nc2c3c(c(Cl)c(-c4ccc(F)c5sc(N)c(C#N)c45)c(F)c3n1)OCCN2CC(F)F.FC1CC2CCCN2C1. The number of ether oxygens (including phenoxy) is 2. The zero-order chi connectivity index (χ0) is 31.3. The predicted octanol–water partition coefficient (Wildman–Crippen LogP) is 6.56. The van der Waals surface area contributed by atoms with Gasteiger partial charge in [-0.2, -0.15) is 15.2 Å². The summed E-state index contributed by atoms with van der Waals surface area (Å²) < 4.78 is 80.8. The van der Waals surface area contributed by atoms with Gasteiger partial charge in [-0.1, -0.05) is 17.7 Å². The predicted molar refractivity (Wildman–Crippen MR) is 159 cm³/mol. The van der Waals surface area contributed by atoms with Gasteiger partial charge in [0.05, 0.1) is 40.9 Å². The summed E-state index contributed by atoms with van der Waals surface area (Å²) in [5.74, 6) is -1.62. The second kappa shape index (κ2) is 12.0. The molecular formula is C29H26ClF5N6O2S. The minimum absolute atomic E-state index is 0.00102. The molecule has 0 aliphatic carbocycles. The van der Waals surface area contributed by atoms with E-state index in [1.165, 1.54) is 30.9 Å². The van der Waals surface area contributed by atoms with Crippen molar-refractivity contribution in [1.29, 1.82) is 5.26 Å².